The quantitative estimate of drug-likeness (QED) is 0.710. The van der Waals surface area contributed by atoms with Gasteiger partial charge in [0.05, 0.1) is 23.3 Å². The number of hydrogen-bond donors (Lipinski definition) is 1. The summed E-state index contributed by atoms with van der Waals surface area (Å²) in [4.78, 5) is 11.0. The Hall–Kier alpha value is -2.40. The molecule has 5 heteroatoms. The number of imidazole rings is 1. The van der Waals surface area contributed by atoms with E-state index in [-0.39, 0.29) is 0 Å². The predicted octanol–water partition coefficient (Wildman–Crippen LogP) is 3.94. The van der Waals surface area contributed by atoms with Gasteiger partial charge >= 0.3 is 0 Å². The Bertz CT molecular complexity index is 920. The van der Waals surface area contributed by atoms with E-state index in [9.17, 15) is 0 Å². The maximum absolute atomic E-state index is 4.91. The maximum Gasteiger partial charge on any atom is 0.111 e. The second-order valence-electron chi connectivity index (χ2n) is 7.42. The zero-order chi connectivity index (χ0) is 18.1. The number of aromatic amines is 1. The molecule has 1 atom stereocenters. The van der Waals surface area contributed by atoms with E-state index in [2.05, 4.69) is 59.8 Å². The van der Waals surface area contributed by atoms with Gasteiger partial charge in [0, 0.05) is 30.8 Å². The fraction of sp³-hybridized carbons (Fsp3) is 0.429. The van der Waals surface area contributed by atoms with E-state index in [0.29, 0.717) is 5.92 Å². The van der Waals surface area contributed by atoms with Crippen LogP contribution in [0, 0.1) is 13.8 Å². The van der Waals surface area contributed by atoms with Crippen LogP contribution in [0.5, 0.6) is 0 Å². The molecule has 0 aliphatic carbocycles. The van der Waals surface area contributed by atoms with Crippen molar-refractivity contribution in [3.05, 3.63) is 59.7 Å². The third-order valence-corrected chi connectivity index (χ3v) is 5.38. The Morgan fingerprint density at radius 1 is 1.35 bits per heavy atom. The molecule has 0 radical (unpaired) electrons. The van der Waals surface area contributed by atoms with Crippen molar-refractivity contribution in [3.8, 4) is 0 Å². The number of H-pyrrole nitrogens is 1. The van der Waals surface area contributed by atoms with Gasteiger partial charge in [-0.3, -0.25) is 9.58 Å². The highest BCUT2D eigenvalue weighted by Gasteiger charge is 2.24. The topological polar surface area (TPSA) is 49.7 Å². The van der Waals surface area contributed by atoms with Crippen molar-refractivity contribution in [3.63, 3.8) is 0 Å². The molecule has 0 unspecified atom stereocenters. The van der Waals surface area contributed by atoms with Crippen LogP contribution in [0.25, 0.3) is 11.0 Å². The first kappa shape index (κ1) is 17.0. The van der Waals surface area contributed by atoms with Gasteiger partial charge in [0.1, 0.15) is 5.82 Å². The van der Waals surface area contributed by atoms with Gasteiger partial charge in [0.25, 0.3) is 0 Å². The number of para-hydroxylation sites is 1. The Labute approximate surface area is 154 Å². The Balaban J connectivity index is 1.50. The largest absolute Gasteiger partial charge is 0.342 e. The van der Waals surface area contributed by atoms with Gasteiger partial charge in [0.15, 0.2) is 0 Å². The lowest BCUT2D eigenvalue weighted by Gasteiger charge is -2.31. The SMILES string of the molecule is C=CCn1cc(CN2CCC[C@H](c3nc4c(C)cccc4[nH]3)C2)c(C)n1. The van der Waals surface area contributed by atoms with E-state index < -0.39 is 0 Å². The van der Waals surface area contributed by atoms with Gasteiger partial charge in [-0.15, -0.1) is 6.58 Å². The minimum absolute atomic E-state index is 0.471. The zero-order valence-corrected chi connectivity index (χ0v) is 15.7. The van der Waals surface area contributed by atoms with E-state index in [0.717, 1.165) is 48.7 Å². The fourth-order valence-electron chi connectivity index (χ4n) is 3.99. The molecular formula is C21H27N5. The van der Waals surface area contributed by atoms with E-state index in [1.54, 1.807) is 0 Å². The van der Waals surface area contributed by atoms with Gasteiger partial charge in [-0.05, 0) is 44.9 Å². The number of nitrogens with one attached hydrogen (secondary N) is 1. The van der Waals surface area contributed by atoms with Crippen LogP contribution in [0.3, 0.4) is 0 Å². The number of benzene rings is 1. The van der Waals surface area contributed by atoms with Gasteiger partial charge in [-0.2, -0.15) is 5.10 Å². The highest BCUT2D eigenvalue weighted by atomic mass is 15.3. The molecule has 0 amide bonds. The molecule has 1 fully saturated rings. The van der Waals surface area contributed by atoms with Crippen LogP contribution in [-0.4, -0.2) is 37.7 Å². The molecule has 1 aromatic carbocycles. The minimum Gasteiger partial charge on any atom is -0.342 e. The number of piperidine rings is 1. The molecular weight excluding hydrogens is 322 g/mol. The number of aromatic nitrogens is 4. The summed E-state index contributed by atoms with van der Waals surface area (Å²) in [7, 11) is 0. The van der Waals surface area contributed by atoms with Crippen molar-refractivity contribution in [2.45, 2.75) is 45.7 Å². The van der Waals surface area contributed by atoms with Crippen LogP contribution in [0.15, 0.2) is 37.1 Å². The molecule has 3 aromatic rings. The maximum atomic E-state index is 4.91. The Kier molecular flexibility index (Phi) is 4.64. The molecule has 0 bridgehead atoms. The summed E-state index contributed by atoms with van der Waals surface area (Å²) in [6.07, 6.45) is 6.45. The van der Waals surface area contributed by atoms with Crippen molar-refractivity contribution >= 4 is 11.0 Å². The summed E-state index contributed by atoms with van der Waals surface area (Å²) in [5, 5.41) is 4.58. The number of rotatable bonds is 5. The van der Waals surface area contributed by atoms with Crippen LogP contribution in [-0.2, 0) is 13.1 Å². The van der Waals surface area contributed by atoms with Crippen molar-refractivity contribution in [1.29, 1.82) is 0 Å². The van der Waals surface area contributed by atoms with Crippen LogP contribution in [0.2, 0.25) is 0 Å². The first-order valence-electron chi connectivity index (χ1n) is 9.45. The average molecular weight is 349 g/mol. The van der Waals surface area contributed by atoms with E-state index >= 15 is 0 Å². The lowest BCUT2D eigenvalue weighted by Crippen LogP contribution is -2.34. The van der Waals surface area contributed by atoms with Gasteiger partial charge in [-0.1, -0.05) is 18.2 Å². The molecule has 2 aromatic heterocycles. The van der Waals surface area contributed by atoms with Crippen LogP contribution < -0.4 is 0 Å². The fourth-order valence-corrected chi connectivity index (χ4v) is 3.99. The highest BCUT2D eigenvalue weighted by molar-refractivity contribution is 5.78. The lowest BCUT2D eigenvalue weighted by molar-refractivity contribution is 0.197. The van der Waals surface area contributed by atoms with Gasteiger partial charge < -0.3 is 4.98 Å². The van der Waals surface area contributed by atoms with E-state index in [1.165, 1.54) is 24.0 Å². The van der Waals surface area contributed by atoms with Crippen LogP contribution in [0.1, 0.15) is 41.4 Å². The average Bonchev–Trinajstić information content (AvgIpc) is 3.21. The minimum atomic E-state index is 0.471. The molecule has 1 N–H and O–H groups in total. The number of allylic oxidation sites excluding steroid dienone is 1. The molecule has 1 aliphatic heterocycles. The number of nitrogens with zero attached hydrogens (tertiary/aromatic N) is 4. The van der Waals surface area contributed by atoms with Crippen molar-refractivity contribution in [2.24, 2.45) is 0 Å². The summed E-state index contributed by atoms with van der Waals surface area (Å²) in [5.41, 5.74) is 5.93. The van der Waals surface area contributed by atoms with Crippen molar-refractivity contribution in [1.82, 2.24) is 24.6 Å². The number of fused-ring (bicyclic) bond motifs is 1. The molecule has 0 saturated carbocycles. The van der Waals surface area contributed by atoms with E-state index in [1.807, 2.05) is 10.8 Å². The second kappa shape index (κ2) is 7.08. The highest BCUT2D eigenvalue weighted by Crippen LogP contribution is 2.28. The monoisotopic (exact) mass is 349 g/mol. The Morgan fingerprint density at radius 3 is 3.04 bits per heavy atom. The molecule has 4 rings (SSSR count). The first-order valence-corrected chi connectivity index (χ1v) is 9.45. The van der Waals surface area contributed by atoms with Crippen LogP contribution in [0.4, 0.5) is 0 Å². The molecule has 5 nitrogen and oxygen atoms in total. The smallest absolute Gasteiger partial charge is 0.111 e. The summed E-state index contributed by atoms with van der Waals surface area (Å²) in [5.74, 6) is 1.61. The number of likely N-dealkylation sites (tertiary alicyclic amines) is 1. The van der Waals surface area contributed by atoms with Crippen molar-refractivity contribution < 1.29 is 0 Å². The molecule has 0 spiro atoms. The molecule has 1 aliphatic rings. The third-order valence-electron chi connectivity index (χ3n) is 5.38. The predicted molar refractivity (Wildman–Crippen MR) is 105 cm³/mol. The van der Waals surface area contributed by atoms with Crippen molar-refractivity contribution in [2.75, 3.05) is 13.1 Å². The lowest BCUT2D eigenvalue weighted by atomic mass is 9.97. The van der Waals surface area contributed by atoms with E-state index in [4.69, 9.17) is 4.98 Å². The molecule has 136 valence electrons. The molecule has 1 saturated heterocycles. The normalized spacial score (nSPS) is 18.5. The number of hydrogen-bond acceptors (Lipinski definition) is 3. The van der Waals surface area contributed by atoms with Gasteiger partial charge in [-0.25, -0.2) is 4.98 Å². The van der Waals surface area contributed by atoms with Crippen LogP contribution >= 0.6 is 0 Å². The second-order valence-corrected chi connectivity index (χ2v) is 7.42. The zero-order valence-electron chi connectivity index (χ0n) is 15.7. The standard InChI is InChI=1S/C21H27N5/c1-4-10-26-14-18(16(3)24-26)13-25-11-6-8-17(12-25)21-22-19-9-5-7-15(2)20(19)23-21/h4-5,7,9,14,17H,1,6,8,10-13H2,2-3H3,(H,22,23)/t17-/m0/s1. The molecule has 3 heterocycles. The Morgan fingerprint density at radius 2 is 2.23 bits per heavy atom. The first-order chi connectivity index (χ1) is 12.6. The number of aryl methyl sites for hydroxylation is 2. The molecule has 26 heavy (non-hydrogen) atoms. The van der Waals surface area contributed by atoms with Gasteiger partial charge in [0.2, 0.25) is 0 Å². The third kappa shape index (κ3) is 3.31. The summed E-state index contributed by atoms with van der Waals surface area (Å²) >= 11 is 0. The summed E-state index contributed by atoms with van der Waals surface area (Å²) < 4.78 is 1.97. The summed E-state index contributed by atoms with van der Waals surface area (Å²) in [6.45, 7) is 11.9. The summed E-state index contributed by atoms with van der Waals surface area (Å²) in [6, 6.07) is 6.34.